The van der Waals surface area contributed by atoms with Crippen molar-refractivity contribution in [3.8, 4) is 12.1 Å². The van der Waals surface area contributed by atoms with Crippen LogP contribution in [0.3, 0.4) is 0 Å². The maximum absolute atomic E-state index is 8.73. The van der Waals surface area contributed by atoms with E-state index in [4.69, 9.17) is 16.3 Å². The van der Waals surface area contributed by atoms with Crippen molar-refractivity contribution in [2.75, 3.05) is 35.6 Å². The minimum Gasteiger partial charge on any atom is -0.393 e. The molecule has 0 saturated heterocycles. The van der Waals surface area contributed by atoms with Crippen molar-refractivity contribution in [1.82, 2.24) is 9.97 Å². The third kappa shape index (κ3) is 3.22. The second-order valence-electron chi connectivity index (χ2n) is 3.56. The van der Waals surface area contributed by atoms with Gasteiger partial charge in [0.15, 0.2) is 11.6 Å². The summed E-state index contributed by atoms with van der Waals surface area (Å²) in [6, 6.07) is 3.96. The van der Waals surface area contributed by atoms with E-state index < -0.39 is 0 Å². The third-order valence-electron chi connectivity index (χ3n) is 2.23. The molecule has 0 unspecified atom stereocenters. The van der Waals surface area contributed by atoms with Gasteiger partial charge in [0.2, 0.25) is 0 Å². The van der Waals surface area contributed by atoms with Gasteiger partial charge in [-0.3, -0.25) is 0 Å². The van der Waals surface area contributed by atoms with Crippen molar-refractivity contribution in [3.63, 3.8) is 0 Å². The summed E-state index contributed by atoms with van der Waals surface area (Å²) in [5.41, 5.74) is 6.30. The van der Waals surface area contributed by atoms with Crippen molar-refractivity contribution < 1.29 is 0 Å². The summed E-state index contributed by atoms with van der Waals surface area (Å²) in [7, 11) is 0. The third-order valence-corrected chi connectivity index (χ3v) is 2.23. The number of aromatic nitrogens is 2. The van der Waals surface area contributed by atoms with Gasteiger partial charge in [0, 0.05) is 6.54 Å². The smallest absolute Gasteiger partial charge is 0.159 e. The van der Waals surface area contributed by atoms with Gasteiger partial charge < -0.3 is 16.0 Å². The molecule has 3 N–H and O–H groups in total. The molecular formula is C11H15N7. The van der Waals surface area contributed by atoms with Crippen LogP contribution in [-0.4, -0.2) is 29.6 Å². The molecule has 94 valence electrons. The van der Waals surface area contributed by atoms with E-state index in [2.05, 4.69) is 15.3 Å². The number of rotatable bonds is 6. The average molecular weight is 245 g/mol. The number of nitrogen functional groups attached to an aromatic ring is 1. The predicted octanol–water partition coefficient (Wildman–Crippen LogP) is 0.734. The Kier molecular flexibility index (Phi) is 5.20. The van der Waals surface area contributed by atoms with E-state index in [9.17, 15) is 0 Å². The molecule has 1 heterocycles. The summed E-state index contributed by atoms with van der Waals surface area (Å²) >= 11 is 0. The van der Waals surface area contributed by atoms with Crippen LogP contribution in [0.1, 0.15) is 13.3 Å². The Bertz CT molecular complexity index is 455. The SMILES string of the molecule is CCCNc1ncnc(N(CC#N)CC#N)c1N. The molecule has 0 saturated carbocycles. The Hall–Kier alpha value is -2.54. The van der Waals surface area contributed by atoms with Gasteiger partial charge >= 0.3 is 0 Å². The molecule has 0 bridgehead atoms. The number of nitrogens with one attached hydrogen (secondary N) is 1. The molecule has 1 aromatic heterocycles. The Morgan fingerprint density at radius 1 is 1.33 bits per heavy atom. The van der Waals surface area contributed by atoms with Crippen LogP contribution in [0.2, 0.25) is 0 Å². The largest absolute Gasteiger partial charge is 0.393 e. The van der Waals surface area contributed by atoms with Crippen LogP contribution in [0.5, 0.6) is 0 Å². The van der Waals surface area contributed by atoms with Gasteiger partial charge in [-0.25, -0.2) is 9.97 Å². The first-order chi connectivity index (χ1) is 8.74. The summed E-state index contributed by atoms with van der Waals surface area (Å²) in [4.78, 5) is 9.58. The number of anilines is 3. The van der Waals surface area contributed by atoms with Crippen LogP contribution < -0.4 is 16.0 Å². The van der Waals surface area contributed by atoms with Crippen LogP contribution in [0.15, 0.2) is 6.33 Å². The molecule has 0 atom stereocenters. The summed E-state index contributed by atoms with van der Waals surface area (Å²) in [5.74, 6) is 0.939. The second kappa shape index (κ2) is 6.92. The maximum Gasteiger partial charge on any atom is 0.159 e. The standard InChI is InChI=1S/C11H15N7/c1-2-5-15-10-9(14)11(17-8-16-10)18(6-3-12)7-4-13/h8H,2,5-7,14H2,1H3,(H,15,16,17). The maximum atomic E-state index is 8.73. The predicted molar refractivity (Wildman–Crippen MR) is 68.7 cm³/mol. The first-order valence-corrected chi connectivity index (χ1v) is 5.57. The molecule has 0 aromatic carbocycles. The average Bonchev–Trinajstić information content (AvgIpc) is 2.37. The van der Waals surface area contributed by atoms with Gasteiger partial charge in [-0.05, 0) is 6.42 Å². The molecule has 0 spiro atoms. The van der Waals surface area contributed by atoms with Crippen molar-refractivity contribution in [2.24, 2.45) is 0 Å². The van der Waals surface area contributed by atoms with E-state index in [1.165, 1.54) is 11.2 Å². The summed E-state index contributed by atoms with van der Waals surface area (Å²) in [6.07, 6.45) is 2.31. The second-order valence-corrected chi connectivity index (χ2v) is 3.56. The number of hydrogen-bond donors (Lipinski definition) is 2. The van der Waals surface area contributed by atoms with Crippen LogP contribution >= 0.6 is 0 Å². The molecule has 0 aliphatic carbocycles. The lowest BCUT2D eigenvalue weighted by Gasteiger charge is -2.19. The number of nitriles is 2. The zero-order valence-electron chi connectivity index (χ0n) is 10.2. The van der Waals surface area contributed by atoms with Crippen molar-refractivity contribution >= 4 is 17.3 Å². The highest BCUT2D eigenvalue weighted by Crippen LogP contribution is 2.25. The zero-order chi connectivity index (χ0) is 13.4. The zero-order valence-corrected chi connectivity index (χ0v) is 10.2. The van der Waals surface area contributed by atoms with Gasteiger partial charge in [0.25, 0.3) is 0 Å². The molecule has 1 aromatic rings. The van der Waals surface area contributed by atoms with Gasteiger partial charge in [-0.15, -0.1) is 0 Å². The van der Waals surface area contributed by atoms with Crippen molar-refractivity contribution in [3.05, 3.63) is 6.33 Å². The molecule has 7 heteroatoms. The van der Waals surface area contributed by atoms with Crippen LogP contribution in [-0.2, 0) is 0 Å². The molecule has 18 heavy (non-hydrogen) atoms. The lowest BCUT2D eigenvalue weighted by molar-refractivity contribution is 0.922. The number of nitrogens with zero attached hydrogens (tertiary/aromatic N) is 5. The van der Waals surface area contributed by atoms with E-state index in [1.807, 2.05) is 19.1 Å². The first-order valence-electron chi connectivity index (χ1n) is 5.57. The normalized spacial score (nSPS) is 9.28. The fourth-order valence-corrected chi connectivity index (χ4v) is 1.40. The fraction of sp³-hybridized carbons (Fsp3) is 0.455. The summed E-state index contributed by atoms with van der Waals surface area (Å²) < 4.78 is 0. The minimum atomic E-state index is 0.0575. The quantitative estimate of drug-likeness (QED) is 0.710. The highest BCUT2D eigenvalue weighted by atomic mass is 15.2. The first kappa shape index (κ1) is 13.5. The Morgan fingerprint density at radius 3 is 2.56 bits per heavy atom. The Labute approximate surface area is 106 Å². The summed E-state index contributed by atoms with van der Waals surface area (Å²) in [6.45, 7) is 2.89. The van der Waals surface area contributed by atoms with E-state index in [1.54, 1.807) is 0 Å². The lowest BCUT2D eigenvalue weighted by Crippen LogP contribution is -2.26. The number of nitrogens with two attached hydrogens (primary N) is 1. The molecule has 7 nitrogen and oxygen atoms in total. The summed E-state index contributed by atoms with van der Waals surface area (Å²) in [5, 5.41) is 20.5. The topological polar surface area (TPSA) is 115 Å². The van der Waals surface area contributed by atoms with Gasteiger partial charge in [0.05, 0.1) is 12.1 Å². The monoisotopic (exact) mass is 245 g/mol. The number of hydrogen-bond acceptors (Lipinski definition) is 7. The van der Waals surface area contributed by atoms with Crippen molar-refractivity contribution in [2.45, 2.75) is 13.3 Å². The van der Waals surface area contributed by atoms with Crippen molar-refractivity contribution in [1.29, 1.82) is 10.5 Å². The molecular weight excluding hydrogens is 230 g/mol. The molecule has 0 aliphatic rings. The fourth-order valence-electron chi connectivity index (χ4n) is 1.40. The lowest BCUT2D eigenvalue weighted by atomic mass is 10.3. The van der Waals surface area contributed by atoms with E-state index in [-0.39, 0.29) is 13.1 Å². The van der Waals surface area contributed by atoms with Crippen LogP contribution in [0.25, 0.3) is 0 Å². The van der Waals surface area contributed by atoms with Crippen LogP contribution in [0, 0.1) is 22.7 Å². The van der Waals surface area contributed by atoms with Gasteiger partial charge in [-0.1, -0.05) is 6.92 Å². The van der Waals surface area contributed by atoms with Gasteiger partial charge in [-0.2, -0.15) is 10.5 Å². The highest BCUT2D eigenvalue weighted by molar-refractivity contribution is 5.75. The molecule has 0 aliphatic heterocycles. The van der Waals surface area contributed by atoms with E-state index >= 15 is 0 Å². The van der Waals surface area contributed by atoms with E-state index in [0.29, 0.717) is 17.3 Å². The minimum absolute atomic E-state index is 0.0575. The molecule has 0 radical (unpaired) electrons. The Morgan fingerprint density at radius 2 is 2.00 bits per heavy atom. The molecule has 1 rings (SSSR count). The Balaban J connectivity index is 3.00. The molecule has 0 amide bonds. The van der Waals surface area contributed by atoms with E-state index in [0.717, 1.165) is 13.0 Å². The van der Waals surface area contributed by atoms with Gasteiger partial charge in [0.1, 0.15) is 25.1 Å². The highest BCUT2D eigenvalue weighted by Gasteiger charge is 2.14. The molecule has 0 fully saturated rings. The van der Waals surface area contributed by atoms with Crippen LogP contribution in [0.4, 0.5) is 17.3 Å².